The molecule has 0 bridgehead atoms. The van der Waals surface area contributed by atoms with E-state index in [1.54, 1.807) is 30.3 Å². The van der Waals surface area contributed by atoms with Gasteiger partial charge in [-0.25, -0.2) is 0 Å². The molecule has 1 unspecified atom stereocenters. The fourth-order valence-corrected chi connectivity index (χ4v) is 3.05. The number of benzene rings is 2. The van der Waals surface area contributed by atoms with Crippen molar-refractivity contribution < 1.29 is 19.6 Å². The number of hydrogen-bond acceptors (Lipinski definition) is 6. The van der Waals surface area contributed by atoms with E-state index in [1.165, 1.54) is 11.8 Å². The van der Waals surface area contributed by atoms with Crippen LogP contribution in [0.15, 0.2) is 42.5 Å². The van der Waals surface area contributed by atoms with Gasteiger partial charge in [0.15, 0.2) is 0 Å². The van der Waals surface area contributed by atoms with E-state index in [0.717, 1.165) is 12.1 Å². The Morgan fingerprint density at radius 2 is 1.96 bits per heavy atom. The highest BCUT2D eigenvalue weighted by atomic mass is 35.5. The first kappa shape index (κ1) is 21.5. The number of hydrogen-bond donors (Lipinski definition) is 3. The molecule has 0 spiro atoms. The fraction of sp³-hybridized carbons (Fsp3) is 0.222. The molecule has 8 nitrogen and oxygen atoms in total. The van der Waals surface area contributed by atoms with E-state index in [0.29, 0.717) is 17.7 Å². The normalized spacial score (nSPS) is 11.5. The zero-order valence-electron chi connectivity index (χ0n) is 14.8. The van der Waals surface area contributed by atoms with Gasteiger partial charge < -0.3 is 15.7 Å². The summed E-state index contributed by atoms with van der Waals surface area (Å²) in [6.07, 6.45) is 2.23. The number of phenolic OH excluding ortho intramolecular Hbond substituents is 1. The molecule has 3 N–H and O–H groups in total. The first-order chi connectivity index (χ1) is 13.3. The van der Waals surface area contributed by atoms with Crippen LogP contribution in [0.5, 0.6) is 5.75 Å². The third kappa shape index (κ3) is 5.61. The lowest BCUT2D eigenvalue weighted by Crippen LogP contribution is -2.44. The Labute approximate surface area is 170 Å². The third-order valence-corrected chi connectivity index (χ3v) is 4.73. The average Bonchev–Trinajstić information content (AvgIpc) is 2.67. The molecule has 0 aliphatic rings. The van der Waals surface area contributed by atoms with Crippen molar-refractivity contribution >= 4 is 46.6 Å². The Morgan fingerprint density at radius 3 is 2.57 bits per heavy atom. The highest BCUT2D eigenvalue weighted by Crippen LogP contribution is 2.35. The van der Waals surface area contributed by atoms with E-state index in [4.69, 9.17) is 11.6 Å². The number of carbonyl (C=O) groups is 2. The van der Waals surface area contributed by atoms with Crippen molar-refractivity contribution in [3.63, 3.8) is 0 Å². The summed E-state index contributed by atoms with van der Waals surface area (Å²) in [4.78, 5) is 35.1. The number of anilines is 1. The second-order valence-electron chi connectivity index (χ2n) is 5.74. The molecule has 2 aromatic rings. The molecule has 0 saturated heterocycles. The van der Waals surface area contributed by atoms with Crippen molar-refractivity contribution in [3.05, 3.63) is 63.2 Å². The molecular weight excluding hydrogens is 406 g/mol. The first-order valence-corrected chi connectivity index (χ1v) is 9.93. The summed E-state index contributed by atoms with van der Waals surface area (Å²) in [7, 11) is 0. The molecule has 28 heavy (non-hydrogen) atoms. The molecule has 2 amide bonds. The minimum absolute atomic E-state index is 0.0799. The van der Waals surface area contributed by atoms with Crippen molar-refractivity contribution in [2.75, 3.05) is 17.3 Å². The molecule has 10 heteroatoms. The van der Waals surface area contributed by atoms with Crippen LogP contribution in [-0.2, 0) is 4.79 Å². The molecule has 0 heterocycles. The van der Waals surface area contributed by atoms with Gasteiger partial charge in [-0.15, -0.1) is 0 Å². The smallest absolute Gasteiger partial charge is 0.291 e. The van der Waals surface area contributed by atoms with E-state index in [-0.39, 0.29) is 10.7 Å². The molecule has 0 fully saturated rings. The lowest BCUT2D eigenvalue weighted by atomic mass is 10.1. The van der Waals surface area contributed by atoms with E-state index in [9.17, 15) is 24.8 Å². The Bertz CT molecular complexity index is 879. The van der Waals surface area contributed by atoms with Crippen LogP contribution in [0.1, 0.15) is 16.8 Å². The van der Waals surface area contributed by atoms with Gasteiger partial charge in [-0.3, -0.25) is 19.7 Å². The molecule has 0 radical (unpaired) electrons. The number of nitrogens with one attached hydrogen (secondary N) is 2. The summed E-state index contributed by atoms with van der Waals surface area (Å²) in [5.41, 5.74) is -0.150. The number of halogens is 1. The van der Waals surface area contributed by atoms with E-state index in [2.05, 4.69) is 10.6 Å². The molecule has 0 aliphatic heterocycles. The number of phenols is 1. The molecule has 2 rings (SSSR count). The van der Waals surface area contributed by atoms with Gasteiger partial charge >= 0.3 is 0 Å². The number of carbonyl (C=O) groups excluding carboxylic acids is 2. The largest absolute Gasteiger partial charge is 0.506 e. The number of rotatable bonds is 8. The summed E-state index contributed by atoms with van der Waals surface area (Å²) in [6.45, 7) is 0. The topological polar surface area (TPSA) is 122 Å². The molecule has 0 aromatic heterocycles. The number of nitrogens with zero attached hydrogens (tertiary/aromatic N) is 1. The van der Waals surface area contributed by atoms with Gasteiger partial charge in [0, 0.05) is 5.56 Å². The second-order valence-corrected chi connectivity index (χ2v) is 7.13. The van der Waals surface area contributed by atoms with Gasteiger partial charge in [0.05, 0.1) is 16.7 Å². The van der Waals surface area contributed by atoms with E-state index < -0.39 is 34.2 Å². The van der Waals surface area contributed by atoms with Gasteiger partial charge in [0.1, 0.15) is 16.8 Å². The summed E-state index contributed by atoms with van der Waals surface area (Å²) < 4.78 is 0. The van der Waals surface area contributed by atoms with Crippen molar-refractivity contribution in [1.82, 2.24) is 5.32 Å². The van der Waals surface area contributed by atoms with Crippen LogP contribution >= 0.6 is 23.4 Å². The maximum atomic E-state index is 12.6. The van der Waals surface area contributed by atoms with Crippen LogP contribution in [0.25, 0.3) is 0 Å². The van der Waals surface area contributed by atoms with Crippen molar-refractivity contribution in [2.45, 2.75) is 12.5 Å². The second kappa shape index (κ2) is 9.95. The molecule has 0 aliphatic carbocycles. The Morgan fingerprint density at radius 1 is 1.29 bits per heavy atom. The number of thioether (sulfide) groups is 1. The SMILES string of the molecule is CSCCC(NC(=O)c1ccccc1)C(=O)Nc1cc(Cl)c([N+](=O)[O-])cc1O. The van der Waals surface area contributed by atoms with Crippen LogP contribution < -0.4 is 10.6 Å². The third-order valence-electron chi connectivity index (χ3n) is 3.79. The lowest BCUT2D eigenvalue weighted by molar-refractivity contribution is -0.384. The number of nitro groups is 1. The summed E-state index contributed by atoms with van der Waals surface area (Å²) in [5.74, 6) is -0.867. The van der Waals surface area contributed by atoms with E-state index in [1.807, 2.05) is 6.26 Å². The quantitative estimate of drug-likeness (QED) is 0.339. The zero-order chi connectivity index (χ0) is 20.7. The molecule has 148 valence electrons. The minimum Gasteiger partial charge on any atom is -0.506 e. The van der Waals surface area contributed by atoms with E-state index >= 15 is 0 Å². The summed E-state index contributed by atoms with van der Waals surface area (Å²) in [6, 6.07) is 9.53. The van der Waals surface area contributed by atoms with Crippen LogP contribution in [0.4, 0.5) is 11.4 Å². The Kier molecular flexibility index (Phi) is 7.65. The van der Waals surface area contributed by atoms with Gasteiger partial charge in [-0.1, -0.05) is 29.8 Å². The van der Waals surface area contributed by atoms with Crippen LogP contribution in [0.2, 0.25) is 5.02 Å². The predicted molar refractivity (Wildman–Crippen MR) is 109 cm³/mol. The van der Waals surface area contributed by atoms with Crippen molar-refractivity contribution in [3.8, 4) is 5.75 Å². The summed E-state index contributed by atoms with van der Waals surface area (Å²) >= 11 is 7.34. The first-order valence-electron chi connectivity index (χ1n) is 8.16. The number of aromatic hydroxyl groups is 1. The van der Waals surface area contributed by atoms with Crippen LogP contribution in [-0.4, -0.2) is 39.9 Å². The maximum absolute atomic E-state index is 12.6. The lowest BCUT2D eigenvalue weighted by Gasteiger charge is -2.19. The summed E-state index contributed by atoms with van der Waals surface area (Å²) in [5, 5.41) is 25.7. The maximum Gasteiger partial charge on any atom is 0.291 e. The highest BCUT2D eigenvalue weighted by molar-refractivity contribution is 7.98. The van der Waals surface area contributed by atoms with Gasteiger partial charge in [-0.2, -0.15) is 11.8 Å². The standard InChI is InChI=1S/C18H18ClN3O5S/c1-28-8-7-13(20-17(24)11-5-3-2-4-6-11)18(25)21-14-9-12(19)15(22(26)27)10-16(14)23/h2-6,9-10,13,23H,7-8H2,1H3,(H,20,24)(H,21,25). The zero-order valence-corrected chi connectivity index (χ0v) is 16.4. The Hall–Kier alpha value is -2.78. The van der Waals surface area contributed by atoms with Crippen LogP contribution in [0, 0.1) is 10.1 Å². The fourth-order valence-electron chi connectivity index (χ4n) is 2.35. The van der Waals surface area contributed by atoms with Crippen LogP contribution in [0.3, 0.4) is 0 Å². The molecular formula is C18H18ClN3O5S. The number of amides is 2. The highest BCUT2D eigenvalue weighted by Gasteiger charge is 2.24. The van der Waals surface area contributed by atoms with Gasteiger partial charge in [-0.05, 0) is 36.6 Å². The molecule has 0 saturated carbocycles. The van der Waals surface area contributed by atoms with Crippen molar-refractivity contribution in [1.29, 1.82) is 0 Å². The number of nitro benzene ring substituents is 1. The minimum atomic E-state index is -0.867. The molecule has 2 aromatic carbocycles. The average molecular weight is 424 g/mol. The predicted octanol–water partition coefficient (Wildman–Crippen LogP) is 3.44. The Balaban J connectivity index is 2.18. The monoisotopic (exact) mass is 423 g/mol. The van der Waals surface area contributed by atoms with Gasteiger partial charge in [0.2, 0.25) is 5.91 Å². The molecule has 1 atom stereocenters. The van der Waals surface area contributed by atoms with Gasteiger partial charge in [0.25, 0.3) is 11.6 Å². The van der Waals surface area contributed by atoms with Crippen molar-refractivity contribution in [2.24, 2.45) is 0 Å².